The van der Waals surface area contributed by atoms with Gasteiger partial charge in [-0.3, -0.25) is 4.99 Å². The van der Waals surface area contributed by atoms with Crippen molar-refractivity contribution in [3.05, 3.63) is 0 Å². The summed E-state index contributed by atoms with van der Waals surface area (Å²) < 4.78 is 5.64. The molecule has 2 heterocycles. The van der Waals surface area contributed by atoms with E-state index in [9.17, 15) is 4.79 Å². The molecule has 2 saturated heterocycles. The van der Waals surface area contributed by atoms with E-state index in [-0.39, 0.29) is 10.8 Å². The van der Waals surface area contributed by atoms with Crippen molar-refractivity contribution >= 4 is 23.8 Å². The topological polar surface area (TPSA) is 71.2 Å². The molecule has 1 amide bonds. The van der Waals surface area contributed by atoms with E-state index < -0.39 is 5.60 Å². The molecule has 0 bridgehead atoms. The summed E-state index contributed by atoms with van der Waals surface area (Å²) in [5.74, 6) is 1.82. The largest absolute Gasteiger partial charge is 0.444 e. The Balaban J connectivity index is 1.80. The number of nitrogens with zero attached hydrogens (tertiary/aromatic N) is 3. The average Bonchev–Trinajstić information content (AvgIpc) is 2.90. The second kappa shape index (κ2) is 7.20. The Morgan fingerprint density at radius 2 is 1.87 bits per heavy atom. The number of guanidine groups is 1. The van der Waals surface area contributed by atoms with Crippen LogP contribution in [0.1, 0.15) is 40.5 Å². The van der Waals surface area contributed by atoms with E-state index in [1.54, 1.807) is 4.90 Å². The molecule has 132 valence electrons. The van der Waals surface area contributed by atoms with Crippen LogP contribution in [0.2, 0.25) is 0 Å². The van der Waals surface area contributed by atoms with E-state index >= 15 is 0 Å². The van der Waals surface area contributed by atoms with Crippen molar-refractivity contribution < 1.29 is 9.53 Å². The molecule has 2 rings (SSSR count). The fourth-order valence-corrected chi connectivity index (χ4v) is 3.98. The number of amides is 1. The number of carbonyl (C=O) groups excluding carboxylic acids is 1. The van der Waals surface area contributed by atoms with Crippen LogP contribution in [0.4, 0.5) is 4.79 Å². The molecule has 0 saturated carbocycles. The van der Waals surface area contributed by atoms with E-state index in [1.807, 2.05) is 32.5 Å². The van der Waals surface area contributed by atoms with E-state index in [2.05, 4.69) is 16.8 Å². The summed E-state index contributed by atoms with van der Waals surface area (Å²) in [6, 6.07) is 0. The van der Waals surface area contributed by atoms with Crippen LogP contribution in [0.3, 0.4) is 0 Å². The van der Waals surface area contributed by atoms with Gasteiger partial charge in [0.05, 0.1) is 6.54 Å². The van der Waals surface area contributed by atoms with Crippen LogP contribution >= 0.6 is 11.8 Å². The van der Waals surface area contributed by atoms with Crippen LogP contribution in [0.25, 0.3) is 0 Å². The Labute approximate surface area is 143 Å². The zero-order chi connectivity index (χ0) is 17.1. The van der Waals surface area contributed by atoms with E-state index in [1.165, 1.54) is 18.6 Å². The number of piperazine rings is 1. The first-order valence-corrected chi connectivity index (χ1v) is 9.34. The molecule has 1 unspecified atom stereocenters. The summed E-state index contributed by atoms with van der Waals surface area (Å²) in [7, 11) is 0. The highest BCUT2D eigenvalue weighted by Gasteiger charge is 2.30. The van der Waals surface area contributed by atoms with Gasteiger partial charge in [0.1, 0.15) is 5.60 Å². The minimum absolute atomic E-state index is 0.239. The molecule has 7 heteroatoms. The Morgan fingerprint density at radius 1 is 1.26 bits per heavy atom. The lowest BCUT2D eigenvalue weighted by Crippen LogP contribution is -2.53. The molecule has 0 aromatic carbocycles. The standard InChI is InChI=1S/C16H30N4O2S/c1-15(2,3)22-14(21)20-9-7-19(8-10-20)13(17)18-12-16(4)6-5-11-23-16/h5-12H2,1-4H3,(H2,17,18). The monoisotopic (exact) mass is 342 g/mol. The van der Waals surface area contributed by atoms with Gasteiger partial charge in [-0.1, -0.05) is 0 Å². The first-order chi connectivity index (χ1) is 10.7. The number of hydrogen-bond donors (Lipinski definition) is 1. The third-order valence-corrected chi connectivity index (χ3v) is 5.65. The highest BCUT2D eigenvalue weighted by molar-refractivity contribution is 8.00. The lowest BCUT2D eigenvalue weighted by atomic mass is 10.1. The molecular formula is C16H30N4O2S. The van der Waals surface area contributed by atoms with E-state index in [4.69, 9.17) is 10.5 Å². The van der Waals surface area contributed by atoms with Crippen molar-refractivity contribution in [3.8, 4) is 0 Å². The van der Waals surface area contributed by atoms with Gasteiger partial charge >= 0.3 is 6.09 Å². The summed E-state index contributed by atoms with van der Waals surface area (Å²) in [5, 5.41) is 0. The van der Waals surface area contributed by atoms with Gasteiger partial charge in [0.25, 0.3) is 0 Å². The molecule has 2 N–H and O–H groups in total. The van der Waals surface area contributed by atoms with Gasteiger partial charge in [0.2, 0.25) is 0 Å². The van der Waals surface area contributed by atoms with Crippen LogP contribution in [0.15, 0.2) is 4.99 Å². The third kappa shape index (κ3) is 5.48. The Kier molecular flexibility index (Phi) is 5.70. The molecule has 0 radical (unpaired) electrons. The van der Waals surface area contributed by atoms with Crippen LogP contribution < -0.4 is 5.73 Å². The molecule has 2 aliphatic rings. The zero-order valence-electron chi connectivity index (χ0n) is 14.8. The lowest BCUT2D eigenvalue weighted by Gasteiger charge is -2.36. The summed E-state index contributed by atoms with van der Waals surface area (Å²) in [5.41, 5.74) is 5.69. The Morgan fingerprint density at radius 3 is 2.39 bits per heavy atom. The highest BCUT2D eigenvalue weighted by atomic mass is 32.2. The smallest absolute Gasteiger partial charge is 0.410 e. The second-order valence-corrected chi connectivity index (χ2v) is 9.21. The predicted molar refractivity (Wildman–Crippen MR) is 96.0 cm³/mol. The summed E-state index contributed by atoms with van der Waals surface area (Å²) in [6.45, 7) is 11.3. The maximum Gasteiger partial charge on any atom is 0.410 e. The molecular weight excluding hydrogens is 312 g/mol. The molecule has 23 heavy (non-hydrogen) atoms. The number of nitrogens with two attached hydrogens (primary N) is 1. The van der Waals surface area contributed by atoms with Gasteiger partial charge in [0, 0.05) is 30.9 Å². The lowest BCUT2D eigenvalue weighted by molar-refractivity contribution is 0.0186. The Bertz CT molecular complexity index is 447. The molecule has 2 fully saturated rings. The van der Waals surface area contributed by atoms with E-state index in [0.29, 0.717) is 32.1 Å². The minimum atomic E-state index is -0.455. The molecule has 0 spiro atoms. The van der Waals surface area contributed by atoms with Gasteiger partial charge in [-0.05, 0) is 46.3 Å². The van der Waals surface area contributed by atoms with Crippen molar-refractivity contribution in [2.45, 2.75) is 50.9 Å². The average molecular weight is 343 g/mol. The highest BCUT2D eigenvalue weighted by Crippen LogP contribution is 2.37. The van der Waals surface area contributed by atoms with Gasteiger partial charge in [-0.15, -0.1) is 0 Å². The number of aliphatic imine (C=N–C) groups is 1. The fourth-order valence-electron chi connectivity index (χ4n) is 2.75. The molecule has 1 atom stereocenters. The SMILES string of the molecule is CC(C)(C)OC(=O)N1CCN(C(N)=NCC2(C)CCCS2)CC1. The molecule has 0 aromatic rings. The van der Waals surface area contributed by atoms with Gasteiger partial charge in [0.15, 0.2) is 5.96 Å². The van der Waals surface area contributed by atoms with Gasteiger partial charge in [-0.25, -0.2) is 4.79 Å². The van der Waals surface area contributed by atoms with E-state index in [0.717, 1.165) is 6.54 Å². The van der Waals surface area contributed by atoms with Crippen molar-refractivity contribution in [2.75, 3.05) is 38.5 Å². The predicted octanol–water partition coefficient (Wildman–Crippen LogP) is 2.14. The summed E-state index contributed by atoms with van der Waals surface area (Å²) in [4.78, 5) is 20.4. The fraction of sp³-hybridized carbons (Fsp3) is 0.875. The molecule has 6 nitrogen and oxygen atoms in total. The first-order valence-electron chi connectivity index (χ1n) is 8.35. The maximum atomic E-state index is 12.1. The minimum Gasteiger partial charge on any atom is -0.444 e. The van der Waals surface area contributed by atoms with Crippen LogP contribution in [-0.2, 0) is 4.74 Å². The third-order valence-electron chi connectivity index (χ3n) is 4.13. The van der Waals surface area contributed by atoms with Crippen molar-refractivity contribution in [3.63, 3.8) is 0 Å². The number of hydrogen-bond acceptors (Lipinski definition) is 4. The Hall–Kier alpha value is -1.11. The quantitative estimate of drug-likeness (QED) is 0.615. The van der Waals surface area contributed by atoms with Crippen LogP contribution in [0.5, 0.6) is 0 Å². The number of ether oxygens (including phenoxy) is 1. The molecule has 0 aromatic heterocycles. The summed E-state index contributed by atoms with van der Waals surface area (Å²) >= 11 is 1.99. The van der Waals surface area contributed by atoms with Crippen molar-refractivity contribution in [1.29, 1.82) is 0 Å². The number of thioether (sulfide) groups is 1. The normalized spacial score (nSPS) is 26.5. The van der Waals surface area contributed by atoms with Gasteiger partial charge in [-0.2, -0.15) is 11.8 Å². The number of carbonyl (C=O) groups is 1. The number of rotatable bonds is 2. The van der Waals surface area contributed by atoms with Gasteiger partial charge < -0.3 is 20.3 Å². The maximum absolute atomic E-state index is 12.1. The first kappa shape index (κ1) is 18.2. The van der Waals surface area contributed by atoms with Crippen LogP contribution in [0, 0.1) is 0 Å². The van der Waals surface area contributed by atoms with Crippen molar-refractivity contribution in [1.82, 2.24) is 9.80 Å². The summed E-state index contributed by atoms with van der Waals surface area (Å²) in [6.07, 6.45) is 2.23. The molecule has 0 aliphatic carbocycles. The zero-order valence-corrected chi connectivity index (χ0v) is 15.6. The molecule has 2 aliphatic heterocycles. The second-order valence-electron chi connectivity index (χ2n) is 7.53. The van der Waals surface area contributed by atoms with Crippen LogP contribution in [-0.4, -0.2) is 70.7 Å². The van der Waals surface area contributed by atoms with Crippen molar-refractivity contribution in [2.24, 2.45) is 10.7 Å².